The van der Waals surface area contributed by atoms with Crippen LogP contribution in [0.1, 0.15) is 5.82 Å². The maximum atomic E-state index is 6.31. The van der Waals surface area contributed by atoms with Gasteiger partial charge in [-0.05, 0) is 24.3 Å². The molecule has 19 heavy (non-hydrogen) atoms. The van der Waals surface area contributed by atoms with Gasteiger partial charge in [-0.2, -0.15) is 0 Å². The molecule has 3 nitrogen and oxygen atoms in total. The van der Waals surface area contributed by atoms with Crippen LogP contribution < -0.4 is 0 Å². The smallest absolute Gasteiger partial charge is 0.129 e. The lowest BCUT2D eigenvalue weighted by Gasteiger charge is -2.10. The lowest BCUT2D eigenvalue weighted by Crippen LogP contribution is -2.00. The van der Waals surface area contributed by atoms with Gasteiger partial charge in [0.05, 0.1) is 28.3 Å². The second-order valence-electron chi connectivity index (χ2n) is 3.96. The van der Waals surface area contributed by atoms with Gasteiger partial charge in [-0.25, -0.2) is 4.98 Å². The first kappa shape index (κ1) is 12.9. The number of hydrogen-bond donors (Lipinski definition) is 0. The van der Waals surface area contributed by atoms with Gasteiger partial charge in [0, 0.05) is 10.7 Å². The van der Waals surface area contributed by atoms with E-state index >= 15 is 0 Å². The van der Waals surface area contributed by atoms with Crippen molar-refractivity contribution in [2.24, 2.45) is 0 Å². The van der Waals surface area contributed by atoms with Crippen LogP contribution in [-0.4, -0.2) is 14.5 Å². The standard InChI is InChI=1S/C13H8BrCl2N3/c14-8-1-2-11(9(16)5-8)19-12-3-4-17-7-10(12)18-13(19)6-15/h1-5,7H,6H2. The zero-order chi connectivity index (χ0) is 13.4. The van der Waals surface area contributed by atoms with Crippen molar-refractivity contribution in [2.75, 3.05) is 0 Å². The minimum absolute atomic E-state index is 0.307. The average molecular weight is 357 g/mol. The molecule has 0 fully saturated rings. The third kappa shape index (κ3) is 2.24. The molecule has 6 heteroatoms. The fourth-order valence-electron chi connectivity index (χ4n) is 2.00. The molecular weight excluding hydrogens is 349 g/mol. The Labute approximate surface area is 128 Å². The van der Waals surface area contributed by atoms with E-state index in [0.717, 1.165) is 27.0 Å². The van der Waals surface area contributed by atoms with Crippen molar-refractivity contribution in [3.05, 3.63) is 52.0 Å². The van der Waals surface area contributed by atoms with Crippen molar-refractivity contribution in [3.8, 4) is 5.69 Å². The molecule has 0 unspecified atom stereocenters. The molecule has 0 radical (unpaired) electrons. The molecule has 0 amide bonds. The predicted octanol–water partition coefficient (Wildman–Crippen LogP) is 4.58. The summed E-state index contributed by atoms with van der Waals surface area (Å²) in [5.74, 6) is 1.05. The van der Waals surface area contributed by atoms with E-state index in [-0.39, 0.29) is 0 Å². The Hall–Kier alpha value is -1.10. The van der Waals surface area contributed by atoms with Crippen LogP contribution in [-0.2, 0) is 5.88 Å². The van der Waals surface area contributed by atoms with Crippen molar-refractivity contribution in [2.45, 2.75) is 5.88 Å². The van der Waals surface area contributed by atoms with Gasteiger partial charge in [0.25, 0.3) is 0 Å². The number of pyridine rings is 1. The van der Waals surface area contributed by atoms with Crippen LogP contribution in [0.2, 0.25) is 5.02 Å². The Kier molecular flexibility index (Phi) is 3.48. The summed E-state index contributed by atoms with van der Waals surface area (Å²) in [5, 5.41) is 0.636. The fraction of sp³-hybridized carbons (Fsp3) is 0.0769. The summed E-state index contributed by atoms with van der Waals surface area (Å²) in [6.07, 6.45) is 3.44. The Balaban J connectivity index is 2.34. The zero-order valence-corrected chi connectivity index (χ0v) is 12.7. The number of fused-ring (bicyclic) bond motifs is 1. The normalized spacial score (nSPS) is 11.1. The Morgan fingerprint density at radius 2 is 2.11 bits per heavy atom. The van der Waals surface area contributed by atoms with Gasteiger partial charge in [-0.15, -0.1) is 11.6 Å². The van der Waals surface area contributed by atoms with E-state index < -0.39 is 0 Å². The summed E-state index contributed by atoms with van der Waals surface area (Å²) in [6, 6.07) is 7.62. The minimum Gasteiger partial charge on any atom is -0.294 e. The maximum absolute atomic E-state index is 6.31. The van der Waals surface area contributed by atoms with Crippen LogP contribution in [0.4, 0.5) is 0 Å². The van der Waals surface area contributed by atoms with E-state index in [0.29, 0.717) is 10.9 Å². The monoisotopic (exact) mass is 355 g/mol. The number of nitrogens with zero attached hydrogens (tertiary/aromatic N) is 3. The molecule has 3 aromatic rings. The van der Waals surface area contributed by atoms with Gasteiger partial charge in [-0.1, -0.05) is 27.5 Å². The van der Waals surface area contributed by atoms with Crippen LogP contribution in [0.3, 0.4) is 0 Å². The summed E-state index contributed by atoms with van der Waals surface area (Å²) >= 11 is 15.7. The number of halogens is 3. The van der Waals surface area contributed by atoms with E-state index in [4.69, 9.17) is 23.2 Å². The highest BCUT2D eigenvalue weighted by atomic mass is 79.9. The SMILES string of the molecule is ClCc1nc2cnccc2n1-c1ccc(Br)cc1Cl. The van der Waals surface area contributed by atoms with E-state index in [1.807, 2.05) is 28.8 Å². The largest absolute Gasteiger partial charge is 0.294 e. The van der Waals surface area contributed by atoms with E-state index in [1.54, 1.807) is 12.4 Å². The van der Waals surface area contributed by atoms with Gasteiger partial charge < -0.3 is 0 Å². The van der Waals surface area contributed by atoms with Crippen molar-refractivity contribution in [3.63, 3.8) is 0 Å². The van der Waals surface area contributed by atoms with Crippen LogP contribution in [0, 0.1) is 0 Å². The molecule has 2 aromatic heterocycles. The molecule has 0 aliphatic rings. The molecule has 0 bridgehead atoms. The first-order valence-corrected chi connectivity index (χ1v) is 7.24. The number of imidazole rings is 1. The van der Waals surface area contributed by atoms with E-state index in [9.17, 15) is 0 Å². The molecular formula is C13H8BrCl2N3. The van der Waals surface area contributed by atoms with E-state index in [2.05, 4.69) is 25.9 Å². The number of aromatic nitrogens is 3. The van der Waals surface area contributed by atoms with Crippen molar-refractivity contribution in [1.29, 1.82) is 0 Å². The van der Waals surface area contributed by atoms with Gasteiger partial charge in [0.2, 0.25) is 0 Å². The van der Waals surface area contributed by atoms with Crippen molar-refractivity contribution < 1.29 is 0 Å². The first-order chi connectivity index (χ1) is 9.20. The molecule has 0 N–H and O–H groups in total. The number of benzene rings is 1. The van der Waals surface area contributed by atoms with Gasteiger partial charge in [0.1, 0.15) is 11.3 Å². The maximum Gasteiger partial charge on any atom is 0.129 e. The Morgan fingerprint density at radius 1 is 1.26 bits per heavy atom. The second-order valence-corrected chi connectivity index (χ2v) is 5.55. The topological polar surface area (TPSA) is 30.7 Å². The fourth-order valence-corrected chi connectivity index (χ4v) is 2.94. The van der Waals surface area contributed by atoms with Crippen LogP contribution in [0.15, 0.2) is 41.1 Å². The third-order valence-electron chi connectivity index (χ3n) is 2.80. The molecule has 96 valence electrons. The van der Waals surface area contributed by atoms with Gasteiger partial charge in [0.15, 0.2) is 0 Å². The van der Waals surface area contributed by atoms with E-state index in [1.165, 1.54) is 0 Å². The molecule has 0 aliphatic heterocycles. The lowest BCUT2D eigenvalue weighted by molar-refractivity contribution is 0.982. The lowest BCUT2D eigenvalue weighted by atomic mass is 10.3. The average Bonchev–Trinajstić information content (AvgIpc) is 2.77. The van der Waals surface area contributed by atoms with Crippen molar-refractivity contribution >= 4 is 50.2 Å². The zero-order valence-electron chi connectivity index (χ0n) is 9.65. The van der Waals surface area contributed by atoms with Gasteiger partial charge in [-0.3, -0.25) is 9.55 Å². The van der Waals surface area contributed by atoms with Gasteiger partial charge >= 0.3 is 0 Å². The Bertz CT molecular complexity index is 755. The molecule has 0 saturated carbocycles. The molecule has 2 heterocycles. The molecule has 0 atom stereocenters. The summed E-state index contributed by atoms with van der Waals surface area (Å²) in [7, 11) is 0. The van der Waals surface area contributed by atoms with Crippen LogP contribution in [0.25, 0.3) is 16.7 Å². The van der Waals surface area contributed by atoms with Crippen molar-refractivity contribution in [1.82, 2.24) is 14.5 Å². The highest BCUT2D eigenvalue weighted by Gasteiger charge is 2.14. The number of rotatable bonds is 2. The Morgan fingerprint density at radius 3 is 2.84 bits per heavy atom. The number of hydrogen-bond acceptors (Lipinski definition) is 2. The summed E-state index contributed by atoms with van der Waals surface area (Å²) in [4.78, 5) is 8.54. The molecule has 0 saturated heterocycles. The molecule has 0 spiro atoms. The quantitative estimate of drug-likeness (QED) is 0.629. The summed E-state index contributed by atoms with van der Waals surface area (Å²) in [6.45, 7) is 0. The highest BCUT2D eigenvalue weighted by Crippen LogP contribution is 2.29. The predicted molar refractivity (Wildman–Crippen MR) is 81.1 cm³/mol. The molecule has 1 aromatic carbocycles. The summed E-state index contributed by atoms with van der Waals surface area (Å²) < 4.78 is 2.89. The summed E-state index contributed by atoms with van der Waals surface area (Å²) in [5.41, 5.74) is 2.60. The number of alkyl halides is 1. The third-order valence-corrected chi connectivity index (χ3v) is 3.83. The van der Waals surface area contributed by atoms with Crippen LogP contribution in [0.5, 0.6) is 0 Å². The second kappa shape index (κ2) is 5.12. The first-order valence-electron chi connectivity index (χ1n) is 5.53. The molecule has 0 aliphatic carbocycles. The minimum atomic E-state index is 0.307. The highest BCUT2D eigenvalue weighted by molar-refractivity contribution is 9.10. The molecule has 3 rings (SSSR count). The van der Waals surface area contributed by atoms with Crippen LogP contribution >= 0.6 is 39.1 Å².